The molecule has 2 aromatic rings. The third kappa shape index (κ3) is 3.85. The second kappa shape index (κ2) is 7.41. The average Bonchev–Trinajstić information content (AvgIpc) is 3.10. The molecule has 1 unspecified atom stereocenters. The Labute approximate surface area is 153 Å². The standard InChI is InChI=1S/C18H25N7O/c1-13-11-14(2)21-18(20-13)25-6-4-15(12-25)22-16-3-5-19-17(23-16)24-7-9-26-10-8-24/h3,5,11,15H,4,6-10,12H2,1-2H3,(H,19,22,23). The Morgan fingerprint density at radius 2 is 1.77 bits per heavy atom. The summed E-state index contributed by atoms with van der Waals surface area (Å²) in [6.07, 6.45) is 2.85. The second-order valence-corrected chi connectivity index (χ2v) is 6.87. The number of aryl methyl sites for hydroxylation is 2. The van der Waals surface area contributed by atoms with Crippen LogP contribution in [0.3, 0.4) is 0 Å². The van der Waals surface area contributed by atoms with E-state index in [2.05, 4.69) is 35.1 Å². The Bertz CT molecular complexity index is 743. The van der Waals surface area contributed by atoms with Gasteiger partial charge in [-0.3, -0.25) is 0 Å². The molecule has 1 N–H and O–H groups in total. The maximum Gasteiger partial charge on any atom is 0.227 e. The molecular formula is C18H25N7O. The van der Waals surface area contributed by atoms with Crippen LogP contribution in [0.25, 0.3) is 0 Å². The molecule has 0 saturated carbocycles. The van der Waals surface area contributed by atoms with Crippen molar-refractivity contribution in [3.63, 3.8) is 0 Å². The largest absolute Gasteiger partial charge is 0.378 e. The lowest BCUT2D eigenvalue weighted by Gasteiger charge is -2.27. The van der Waals surface area contributed by atoms with Gasteiger partial charge >= 0.3 is 0 Å². The van der Waals surface area contributed by atoms with Crippen LogP contribution in [-0.2, 0) is 4.74 Å². The van der Waals surface area contributed by atoms with Crippen LogP contribution in [0.1, 0.15) is 17.8 Å². The molecule has 0 bridgehead atoms. The van der Waals surface area contributed by atoms with Crippen molar-refractivity contribution < 1.29 is 4.74 Å². The highest BCUT2D eigenvalue weighted by molar-refractivity contribution is 5.44. The molecule has 2 saturated heterocycles. The fourth-order valence-corrected chi connectivity index (χ4v) is 3.46. The fourth-order valence-electron chi connectivity index (χ4n) is 3.46. The van der Waals surface area contributed by atoms with Gasteiger partial charge in [0.1, 0.15) is 5.82 Å². The number of nitrogens with zero attached hydrogens (tertiary/aromatic N) is 6. The van der Waals surface area contributed by atoms with Crippen molar-refractivity contribution >= 4 is 17.7 Å². The first-order valence-corrected chi connectivity index (χ1v) is 9.17. The number of hydrogen-bond donors (Lipinski definition) is 1. The molecule has 138 valence electrons. The zero-order valence-corrected chi connectivity index (χ0v) is 15.4. The van der Waals surface area contributed by atoms with Crippen LogP contribution >= 0.6 is 0 Å². The van der Waals surface area contributed by atoms with E-state index in [1.807, 2.05) is 32.2 Å². The molecule has 26 heavy (non-hydrogen) atoms. The highest BCUT2D eigenvalue weighted by Gasteiger charge is 2.25. The lowest BCUT2D eigenvalue weighted by molar-refractivity contribution is 0.122. The quantitative estimate of drug-likeness (QED) is 0.882. The molecule has 2 aliphatic rings. The first-order chi connectivity index (χ1) is 12.7. The summed E-state index contributed by atoms with van der Waals surface area (Å²) < 4.78 is 5.40. The van der Waals surface area contributed by atoms with Gasteiger partial charge in [0.15, 0.2) is 0 Å². The Balaban J connectivity index is 1.40. The molecule has 2 aliphatic heterocycles. The van der Waals surface area contributed by atoms with Crippen molar-refractivity contribution in [3.05, 3.63) is 29.7 Å². The Morgan fingerprint density at radius 1 is 1.00 bits per heavy atom. The maximum absolute atomic E-state index is 5.40. The van der Waals surface area contributed by atoms with Crippen molar-refractivity contribution in [1.29, 1.82) is 0 Å². The van der Waals surface area contributed by atoms with Crippen LogP contribution < -0.4 is 15.1 Å². The van der Waals surface area contributed by atoms with Crippen LogP contribution in [-0.4, -0.2) is 65.4 Å². The second-order valence-electron chi connectivity index (χ2n) is 6.87. The molecule has 4 heterocycles. The fraction of sp³-hybridized carbons (Fsp3) is 0.556. The van der Waals surface area contributed by atoms with E-state index in [9.17, 15) is 0 Å². The first-order valence-electron chi connectivity index (χ1n) is 9.17. The molecule has 0 radical (unpaired) electrons. The van der Waals surface area contributed by atoms with E-state index in [0.717, 1.165) is 74.9 Å². The normalized spacial score (nSPS) is 20.5. The number of nitrogens with one attached hydrogen (secondary N) is 1. The summed E-state index contributed by atoms with van der Waals surface area (Å²) in [4.78, 5) is 22.6. The first kappa shape index (κ1) is 17.0. The van der Waals surface area contributed by atoms with Gasteiger partial charge in [0.05, 0.1) is 13.2 Å². The van der Waals surface area contributed by atoms with Crippen LogP contribution in [0.4, 0.5) is 17.7 Å². The van der Waals surface area contributed by atoms with Gasteiger partial charge in [0.25, 0.3) is 0 Å². The lowest BCUT2D eigenvalue weighted by Crippen LogP contribution is -2.37. The molecule has 0 aromatic carbocycles. The van der Waals surface area contributed by atoms with E-state index >= 15 is 0 Å². The summed E-state index contributed by atoms with van der Waals surface area (Å²) in [5, 5.41) is 3.54. The number of rotatable bonds is 4. The van der Waals surface area contributed by atoms with E-state index in [4.69, 9.17) is 4.74 Å². The number of ether oxygens (including phenoxy) is 1. The predicted molar refractivity (Wildman–Crippen MR) is 101 cm³/mol. The molecule has 0 aliphatic carbocycles. The highest BCUT2D eigenvalue weighted by atomic mass is 16.5. The summed E-state index contributed by atoms with van der Waals surface area (Å²) in [5.74, 6) is 2.46. The van der Waals surface area contributed by atoms with Gasteiger partial charge < -0.3 is 19.9 Å². The Hall–Kier alpha value is -2.48. The Morgan fingerprint density at radius 3 is 2.54 bits per heavy atom. The van der Waals surface area contributed by atoms with Gasteiger partial charge in [-0.2, -0.15) is 4.98 Å². The summed E-state index contributed by atoms with van der Waals surface area (Å²) in [6, 6.07) is 4.26. The maximum atomic E-state index is 5.40. The van der Waals surface area contributed by atoms with Crippen LogP contribution in [0.15, 0.2) is 18.3 Å². The lowest BCUT2D eigenvalue weighted by atomic mass is 10.2. The van der Waals surface area contributed by atoms with Gasteiger partial charge in [-0.05, 0) is 32.4 Å². The summed E-state index contributed by atoms with van der Waals surface area (Å²) in [7, 11) is 0. The zero-order valence-electron chi connectivity index (χ0n) is 15.4. The van der Waals surface area contributed by atoms with Crippen molar-refractivity contribution in [3.8, 4) is 0 Å². The molecule has 1 atom stereocenters. The monoisotopic (exact) mass is 355 g/mol. The van der Waals surface area contributed by atoms with Gasteiger partial charge in [-0.15, -0.1) is 0 Å². The van der Waals surface area contributed by atoms with Gasteiger partial charge in [-0.1, -0.05) is 0 Å². The molecular weight excluding hydrogens is 330 g/mol. The topological polar surface area (TPSA) is 79.3 Å². The molecule has 2 fully saturated rings. The van der Waals surface area contributed by atoms with Gasteiger partial charge in [0.2, 0.25) is 11.9 Å². The minimum atomic E-state index is 0.326. The smallest absolute Gasteiger partial charge is 0.227 e. The van der Waals surface area contributed by atoms with E-state index in [1.54, 1.807) is 0 Å². The third-order valence-corrected chi connectivity index (χ3v) is 4.73. The Kier molecular flexibility index (Phi) is 4.83. The van der Waals surface area contributed by atoms with E-state index in [0.29, 0.717) is 6.04 Å². The zero-order chi connectivity index (χ0) is 17.9. The highest BCUT2D eigenvalue weighted by Crippen LogP contribution is 2.20. The number of morpholine rings is 1. The van der Waals surface area contributed by atoms with Crippen molar-refractivity contribution in [2.45, 2.75) is 26.3 Å². The molecule has 2 aromatic heterocycles. The van der Waals surface area contributed by atoms with E-state index in [1.165, 1.54) is 0 Å². The van der Waals surface area contributed by atoms with E-state index < -0.39 is 0 Å². The van der Waals surface area contributed by atoms with Crippen LogP contribution in [0, 0.1) is 13.8 Å². The molecule has 0 amide bonds. The number of aromatic nitrogens is 4. The molecule has 8 heteroatoms. The summed E-state index contributed by atoms with van der Waals surface area (Å²) >= 11 is 0. The number of anilines is 3. The van der Waals surface area contributed by atoms with Crippen molar-refractivity contribution in [1.82, 2.24) is 19.9 Å². The third-order valence-electron chi connectivity index (χ3n) is 4.73. The van der Waals surface area contributed by atoms with Gasteiger partial charge in [-0.25, -0.2) is 15.0 Å². The molecule has 8 nitrogen and oxygen atoms in total. The molecule has 0 spiro atoms. The van der Waals surface area contributed by atoms with E-state index in [-0.39, 0.29) is 0 Å². The summed E-state index contributed by atoms with van der Waals surface area (Å²) in [6.45, 7) is 8.98. The van der Waals surface area contributed by atoms with Gasteiger partial charge in [0, 0.05) is 49.8 Å². The van der Waals surface area contributed by atoms with Crippen LogP contribution in [0.5, 0.6) is 0 Å². The SMILES string of the molecule is Cc1cc(C)nc(N2CCC(Nc3ccnc(N4CCOCC4)n3)C2)n1. The minimum absolute atomic E-state index is 0.326. The minimum Gasteiger partial charge on any atom is -0.378 e. The van der Waals surface area contributed by atoms with Crippen molar-refractivity contribution in [2.75, 3.05) is 54.5 Å². The number of hydrogen-bond acceptors (Lipinski definition) is 8. The summed E-state index contributed by atoms with van der Waals surface area (Å²) in [5.41, 5.74) is 2.02. The average molecular weight is 355 g/mol. The predicted octanol–water partition coefficient (Wildman–Crippen LogP) is 1.41. The van der Waals surface area contributed by atoms with Crippen LogP contribution in [0.2, 0.25) is 0 Å². The van der Waals surface area contributed by atoms with Crippen molar-refractivity contribution in [2.24, 2.45) is 0 Å². The molecule has 4 rings (SSSR count).